The molecule has 1 aliphatic heterocycles. The Hall–Kier alpha value is -1.55. The molecule has 1 saturated heterocycles. The molecule has 1 atom stereocenters. The van der Waals surface area contributed by atoms with E-state index < -0.39 is 0 Å². The normalized spacial score (nSPS) is 20.2. The maximum atomic E-state index is 11.8. The van der Waals surface area contributed by atoms with Crippen LogP contribution in [-0.4, -0.2) is 43.1 Å². The third-order valence-corrected chi connectivity index (χ3v) is 5.70. The van der Waals surface area contributed by atoms with Gasteiger partial charge in [-0.05, 0) is 76.1 Å². The molecule has 0 bridgehead atoms. The van der Waals surface area contributed by atoms with Crippen molar-refractivity contribution in [1.29, 1.82) is 0 Å². The van der Waals surface area contributed by atoms with E-state index in [4.69, 9.17) is 4.74 Å². The molecule has 2 fully saturated rings. The van der Waals surface area contributed by atoms with Gasteiger partial charge in [0.15, 0.2) is 0 Å². The van der Waals surface area contributed by atoms with Crippen LogP contribution in [0.3, 0.4) is 0 Å². The summed E-state index contributed by atoms with van der Waals surface area (Å²) < 4.78 is 5.48. The number of para-hydroxylation sites is 1. The van der Waals surface area contributed by atoms with Gasteiger partial charge < -0.3 is 15.0 Å². The van der Waals surface area contributed by atoms with E-state index in [0.29, 0.717) is 24.4 Å². The fourth-order valence-electron chi connectivity index (χ4n) is 3.86. The van der Waals surface area contributed by atoms with Gasteiger partial charge in [-0.25, -0.2) is 0 Å². The van der Waals surface area contributed by atoms with Crippen LogP contribution in [0.4, 0.5) is 0 Å². The summed E-state index contributed by atoms with van der Waals surface area (Å²) in [6, 6.07) is 9.34. The third kappa shape index (κ3) is 5.46. The van der Waals surface area contributed by atoms with Gasteiger partial charge in [0.1, 0.15) is 5.75 Å². The minimum Gasteiger partial charge on any atom is -0.496 e. The maximum Gasteiger partial charge on any atom is 0.220 e. The zero-order chi connectivity index (χ0) is 17.6. The number of rotatable bonds is 8. The number of hydrogen-bond acceptors (Lipinski definition) is 3. The average Bonchev–Trinajstić information content (AvgIpc) is 3.45. The van der Waals surface area contributed by atoms with Crippen LogP contribution in [0.5, 0.6) is 5.75 Å². The molecule has 1 heterocycles. The number of ether oxygens (including phenoxy) is 1. The topological polar surface area (TPSA) is 41.6 Å². The quantitative estimate of drug-likeness (QED) is 0.786. The zero-order valence-electron chi connectivity index (χ0n) is 15.7. The molecule has 138 valence electrons. The minimum atomic E-state index is 0.259. The lowest BCUT2D eigenvalue weighted by molar-refractivity contribution is -0.121. The van der Waals surface area contributed by atoms with E-state index in [2.05, 4.69) is 29.3 Å². The molecule has 4 nitrogen and oxygen atoms in total. The van der Waals surface area contributed by atoms with Crippen LogP contribution >= 0.6 is 0 Å². The Bertz CT molecular complexity index is 563. The SMILES string of the molecule is COc1ccccc1CC(C)N1CCC(CCC(=O)NC2CC2)CC1. The number of carbonyl (C=O) groups excluding carboxylic acids is 1. The first-order valence-electron chi connectivity index (χ1n) is 9.81. The van der Waals surface area contributed by atoms with E-state index in [1.165, 1.54) is 31.2 Å². The van der Waals surface area contributed by atoms with Gasteiger partial charge in [-0.15, -0.1) is 0 Å². The molecule has 25 heavy (non-hydrogen) atoms. The van der Waals surface area contributed by atoms with Crippen LogP contribution in [0.25, 0.3) is 0 Å². The summed E-state index contributed by atoms with van der Waals surface area (Å²) in [5.41, 5.74) is 1.29. The first kappa shape index (κ1) is 18.2. The largest absolute Gasteiger partial charge is 0.496 e. The summed E-state index contributed by atoms with van der Waals surface area (Å²) in [4.78, 5) is 14.4. The van der Waals surface area contributed by atoms with E-state index in [9.17, 15) is 4.79 Å². The van der Waals surface area contributed by atoms with Crippen LogP contribution in [0, 0.1) is 5.92 Å². The maximum absolute atomic E-state index is 11.8. The number of benzene rings is 1. The Labute approximate surface area is 151 Å². The van der Waals surface area contributed by atoms with Crippen molar-refractivity contribution in [2.75, 3.05) is 20.2 Å². The van der Waals surface area contributed by atoms with Gasteiger partial charge in [0.05, 0.1) is 7.11 Å². The fraction of sp³-hybridized carbons (Fsp3) is 0.667. The highest BCUT2D eigenvalue weighted by Gasteiger charge is 2.26. The molecule has 1 unspecified atom stereocenters. The van der Waals surface area contributed by atoms with Crippen molar-refractivity contribution in [2.45, 2.75) is 64.0 Å². The van der Waals surface area contributed by atoms with Crippen molar-refractivity contribution in [3.05, 3.63) is 29.8 Å². The van der Waals surface area contributed by atoms with Gasteiger partial charge in [0, 0.05) is 18.5 Å². The average molecular weight is 344 g/mol. The fourth-order valence-corrected chi connectivity index (χ4v) is 3.86. The van der Waals surface area contributed by atoms with Crippen molar-refractivity contribution in [2.24, 2.45) is 5.92 Å². The molecule has 0 radical (unpaired) electrons. The Morgan fingerprint density at radius 2 is 1.96 bits per heavy atom. The summed E-state index contributed by atoms with van der Waals surface area (Å²) in [6.07, 6.45) is 7.56. The lowest BCUT2D eigenvalue weighted by atomic mass is 9.90. The molecule has 1 aromatic rings. The molecule has 1 N–H and O–H groups in total. The Morgan fingerprint density at radius 1 is 1.24 bits per heavy atom. The highest BCUT2D eigenvalue weighted by atomic mass is 16.5. The molecular weight excluding hydrogens is 312 g/mol. The van der Waals surface area contributed by atoms with Crippen LogP contribution in [0.2, 0.25) is 0 Å². The minimum absolute atomic E-state index is 0.259. The number of amides is 1. The molecule has 1 aliphatic carbocycles. The third-order valence-electron chi connectivity index (χ3n) is 5.70. The molecule has 0 spiro atoms. The lowest BCUT2D eigenvalue weighted by Crippen LogP contribution is -2.41. The standard InChI is InChI=1S/C21H32N2O2/c1-16(15-18-5-3-4-6-20(18)25-2)23-13-11-17(12-14-23)7-10-21(24)22-19-8-9-19/h3-6,16-17,19H,7-15H2,1-2H3,(H,22,24). The molecular formula is C21H32N2O2. The van der Waals surface area contributed by atoms with Crippen molar-refractivity contribution >= 4 is 5.91 Å². The predicted molar refractivity (Wildman–Crippen MR) is 101 cm³/mol. The van der Waals surface area contributed by atoms with Gasteiger partial charge in [0.2, 0.25) is 5.91 Å². The van der Waals surface area contributed by atoms with Crippen molar-refractivity contribution in [3.8, 4) is 5.75 Å². The highest BCUT2D eigenvalue weighted by molar-refractivity contribution is 5.76. The first-order valence-corrected chi connectivity index (χ1v) is 9.81. The molecule has 4 heteroatoms. The second-order valence-electron chi connectivity index (χ2n) is 7.72. The molecule has 0 aromatic heterocycles. The summed E-state index contributed by atoms with van der Waals surface area (Å²) in [5.74, 6) is 1.96. The highest BCUT2D eigenvalue weighted by Crippen LogP contribution is 2.26. The molecule has 2 aliphatic rings. The molecule has 3 rings (SSSR count). The van der Waals surface area contributed by atoms with E-state index in [0.717, 1.165) is 31.7 Å². The summed E-state index contributed by atoms with van der Waals surface area (Å²) in [6.45, 7) is 4.60. The van der Waals surface area contributed by atoms with E-state index in [-0.39, 0.29) is 5.91 Å². The van der Waals surface area contributed by atoms with Crippen LogP contribution in [-0.2, 0) is 11.2 Å². The van der Waals surface area contributed by atoms with Crippen molar-refractivity contribution in [3.63, 3.8) is 0 Å². The van der Waals surface area contributed by atoms with Gasteiger partial charge in [-0.2, -0.15) is 0 Å². The molecule has 1 amide bonds. The Morgan fingerprint density at radius 3 is 2.64 bits per heavy atom. The second-order valence-corrected chi connectivity index (χ2v) is 7.72. The molecule has 1 aromatic carbocycles. The molecule has 1 saturated carbocycles. The van der Waals surface area contributed by atoms with Crippen molar-refractivity contribution in [1.82, 2.24) is 10.2 Å². The second kappa shape index (κ2) is 8.70. The van der Waals surface area contributed by atoms with Crippen LogP contribution in [0.15, 0.2) is 24.3 Å². The summed E-state index contributed by atoms with van der Waals surface area (Å²) in [5, 5.41) is 3.10. The Balaban J connectivity index is 1.39. The van der Waals surface area contributed by atoms with Gasteiger partial charge in [-0.3, -0.25) is 4.79 Å². The number of methoxy groups -OCH3 is 1. The monoisotopic (exact) mass is 344 g/mol. The first-order chi connectivity index (χ1) is 12.2. The predicted octanol–water partition coefficient (Wildman–Crippen LogP) is 3.40. The van der Waals surface area contributed by atoms with E-state index >= 15 is 0 Å². The number of carbonyl (C=O) groups is 1. The van der Waals surface area contributed by atoms with Gasteiger partial charge in [-0.1, -0.05) is 18.2 Å². The number of piperidine rings is 1. The van der Waals surface area contributed by atoms with Gasteiger partial charge in [0.25, 0.3) is 0 Å². The Kier molecular flexibility index (Phi) is 6.35. The zero-order valence-corrected chi connectivity index (χ0v) is 15.7. The van der Waals surface area contributed by atoms with E-state index in [1.807, 2.05) is 12.1 Å². The lowest BCUT2D eigenvalue weighted by Gasteiger charge is -2.36. The number of nitrogens with zero attached hydrogens (tertiary/aromatic N) is 1. The van der Waals surface area contributed by atoms with E-state index in [1.54, 1.807) is 7.11 Å². The van der Waals surface area contributed by atoms with Gasteiger partial charge >= 0.3 is 0 Å². The number of likely N-dealkylation sites (tertiary alicyclic amines) is 1. The smallest absolute Gasteiger partial charge is 0.220 e. The van der Waals surface area contributed by atoms with Crippen molar-refractivity contribution < 1.29 is 9.53 Å². The van der Waals surface area contributed by atoms with Crippen LogP contribution < -0.4 is 10.1 Å². The summed E-state index contributed by atoms with van der Waals surface area (Å²) in [7, 11) is 1.74. The summed E-state index contributed by atoms with van der Waals surface area (Å²) >= 11 is 0. The number of nitrogens with one attached hydrogen (secondary N) is 1. The van der Waals surface area contributed by atoms with Crippen LogP contribution in [0.1, 0.15) is 51.0 Å². The number of hydrogen-bond donors (Lipinski definition) is 1.